The van der Waals surface area contributed by atoms with Gasteiger partial charge in [0.25, 0.3) is 0 Å². The maximum absolute atomic E-state index is 5.43. The number of methoxy groups -OCH3 is 1. The summed E-state index contributed by atoms with van der Waals surface area (Å²) >= 11 is 0. The average molecular weight is 233 g/mol. The first-order valence-corrected chi connectivity index (χ1v) is 5.77. The first-order valence-electron chi connectivity index (χ1n) is 5.77. The van der Waals surface area contributed by atoms with E-state index >= 15 is 0 Å². The third-order valence-electron chi connectivity index (χ3n) is 2.10. The van der Waals surface area contributed by atoms with Crippen molar-refractivity contribution in [3.8, 4) is 17.6 Å². The SMILES string of the molecule is COCCCC#Cc1cccc(OCCN)c1. The predicted molar refractivity (Wildman–Crippen MR) is 69.0 cm³/mol. The molecule has 2 N–H and O–H groups in total. The van der Waals surface area contributed by atoms with Crippen molar-refractivity contribution in [1.82, 2.24) is 0 Å². The van der Waals surface area contributed by atoms with Crippen LogP contribution in [-0.4, -0.2) is 26.9 Å². The van der Waals surface area contributed by atoms with Crippen LogP contribution in [0.3, 0.4) is 0 Å². The Balaban J connectivity index is 2.47. The summed E-state index contributed by atoms with van der Waals surface area (Å²) in [6.07, 6.45) is 1.81. The van der Waals surface area contributed by atoms with Crippen LogP contribution in [0, 0.1) is 11.8 Å². The zero-order valence-electron chi connectivity index (χ0n) is 10.2. The lowest BCUT2D eigenvalue weighted by molar-refractivity contribution is 0.196. The van der Waals surface area contributed by atoms with Crippen LogP contribution in [0.2, 0.25) is 0 Å². The fourth-order valence-corrected chi connectivity index (χ4v) is 1.31. The van der Waals surface area contributed by atoms with Gasteiger partial charge in [-0.1, -0.05) is 17.9 Å². The van der Waals surface area contributed by atoms with Crippen LogP contribution in [0.4, 0.5) is 0 Å². The molecule has 0 fully saturated rings. The Bertz CT molecular complexity index is 379. The maximum atomic E-state index is 5.43. The first-order chi connectivity index (χ1) is 8.36. The predicted octanol–water partition coefficient (Wildman–Crippen LogP) is 1.80. The number of rotatable bonds is 6. The minimum Gasteiger partial charge on any atom is -0.492 e. The molecular formula is C14H19NO2. The topological polar surface area (TPSA) is 44.5 Å². The highest BCUT2D eigenvalue weighted by Gasteiger charge is 1.93. The zero-order valence-corrected chi connectivity index (χ0v) is 10.2. The Morgan fingerprint density at radius 2 is 2.18 bits per heavy atom. The lowest BCUT2D eigenvalue weighted by Gasteiger charge is -2.03. The molecule has 1 aromatic carbocycles. The highest BCUT2D eigenvalue weighted by atomic mass is 16.5. The van der Waals surface area contributed by atoms with E-state index in [0.29, 0.717) is 13.2 Å². The molecule has 17 heavy (non-hydrogen) atoms. The van der Waals surface area contributed by atoms with Gasteiger partial charge in [-0.25, -0.2) is 0 Å². The fourth-order valence-electron chi connectivity index (χ4n) is 1.31. The van der Waals surface area contributed by atoms with E-state index in [1.807, 2.05) is 24.3 Å². The van der Waals surface area contributed by atoms with Gasteiger partial charge in [0.05, 0.1) is 0 Å². The summed E-state index contributed by atoms with van der Waals surface area (Å²) < 4.78 is 10.4. The smallest absolute Gasteiger partial charge is 0.120 e. The number of ether oxygens (including phenoxy) is 2. The highest BCUT2D eigenvalue weighted by Crippen LogP contribution is 2.12. The van der Waals surface area contributed by atoms with E-state index in [2.05, 4.69) is 11.8 Å². The second kappa shape index (κ2) is 8.63. The van der Waals surface area contributed by atoms with Crippen molar-refractivity contribution < 1.29 is 9.47 Å². The molecule has 0 aromatic heterocycles. The molecule has 1 aromatic rings. The standard InChI is InChI=1S/C14H19NO2/c1-16-10-4-2-3-6-13-7-5-8-14(12-13)17-11-9-15/h5,7-8,12H,2,4,9-11,15H2,1H3. The number of nitrogens with two attached hydrogens (primary N) is 1. The minimum atomic E-state index is 0.521. The lowest BCUT2D eigenvalue weighted by Crippen LogP contribution is -2.10. The molecule has 3 nitrogen and oxygen atoms in total. The third kappa shape index (κ3) is 5.96. The molecule has 0 radical (unpaired) electrons. The Labute approximate surface area is 103 Å². The molecule has 0 bridgehead atoms. The van der Waals surface area contributed by atoms with Gasteiger partial charge in [0.2, 0.25) is 0 Å². The quantitative estimate of drug-likeness (QED) is 0.602. The molecule has 0 saturated carbocycles. The normalized spacial score (nSPS) is 9.53. The van der Waals surface area contributed by atoms with Crippen LogP contribution in [0.15, 0.2) is 24.3 Å². The van der Waals surface area contributed by atoms with Crippen molar-refractivity contribution in [1.29, 1.82) is 0 Å². The molecule has 0 saturated heterocycles. The van der Waals surface area contributed by atoms with E-state index in [-0.39, 0.29) is 0 Å². The van der Waals surface area contributed by atoms with Crippen LogP contribution in [0.5, 0.6) is 5.75 Å². The molecule has 0 aliphatic heterocycles. The van der Waals surface area contributed by atoms with Gasteiger partial charge in [0.15, 0.2) is 0 Å². The van der Waals surface area contributed by atoms with Crippen molar-refractivity contribution in [3.05, 3.63) is 29.8 Å². The largest absolute Gasteiger partial charge is 0.492 e. The highest BCUT2D eigenvalue weighted by molar-refractivity contribution is 5.39. The summed E-state index contributed by atoms with van der Waals surface area (Å²) in [5.74, 6) is 7.03. The van der Waals surface area contributed by atoms with Gasteiger partial charge in [-0.2, -0.15) is 0 Å². The van der Waals surface area contributed by atoms with Crippen LogP contribution in [-0.2, 0) is 4.74 Å². The van der Waals surface area contributed by atoms with Crippen molar-refractivity contribution in [3.63, 3.8) is 0 Å². The number of unbranched alkanes of at least 4 members (excludes halogenated alkanes) is 1. The van der Waals surface area contributed by atoms with E-state index in [1.165, 1.54) is 0 Å². The van der Waals surface area contributed by atoms with E-state index in [0.717, 1.165) is 30.8 Å². The monoisotopic (exact) mass is 233 g/mol. The molecule has 0 atom stereocenters. The zero-order chi connectivity index (χ0) is 12.3. The summed E-state index contributed by atoms with van der Waals surface area (Å²) in [7, 11) is 1.70. The third-order valence-corrected chi connectivity index (χ3v) is 2.10. The second-order valence-electron chi connectivity index (χ2n) is 3.56. The summed E-state index contributed by atoms with van der Waals surface area (Å²) in [5.41, 5.74) is 6.35. The van der Waals surface area contributed by atoms with E-state index < -0.39 is 0 Å². The Morgan fingerprint density at radius 3 is 2.94 bits per heavy atom. The van der Waals surface area contributed by atoms with Crippen LogP contribution < -0.4 is 10.5 Å². The molecule has 92 valence electrons. The van der Waals surface area contributed by atoms with E-state index in [1.54, 1.807) is 7.11 Å². The number of benzene rings is 1. The van der Waals surface area contributed by atoms with Crippen molar-refractivity contribution in [2.75, 3.05) is 26.9 Å². The van der Waals surface area contributed by atoms with Gasteiger partial charge < -0.3 is 15.2 Å². The number of hydrogen-bond acceptors (Lipinski definition) is 3. The lowest BCUT2D eigenvalue weighted by atomic mass is 10.2. The van der Waals surface area contributed by atoms with Crippen LogP contribution >= 0.6 is 0 Å². The average Bonchev–Trinajstić information content (AvgIpc) is 2.37. The molecule has 0 aliphatic rings. The summed E-state index contributed by atoms with van der Waals surface area (Å²) in [6, 6.07) is 7.74. The van der Waals surface area contributed by atoms with Crippen molar-refractivity contribution in [2.45, 2.75) is 12.8 Å². The molecule has 0 unspecified atom stereocenters. The second-order valence-corrected chi connectivity index (χ2v) is 3.56. The summed E-state index contributed by atoms with van der Waals surface area (Å²) in [6.45, 7) is 1.81. The van der Waals surface area contributed by atoms with Crippen LogP contribution in [0.25, 0.3) is 0 Å². The Hall–Kier alpha value is -1.50. The van der Waals surface area contributed by atoms with Gasteiger partial charge in [-0.3, -0.25) is 0 Å². The van der Waals surface area contributed by atoms with Gasteiger partial charge in [0.1, 0.15) is 12.4 Å². The first kappa shape index (κ1) is 13.6. The van der Waals surface area contributed by atoms with E-state index in [4.69, 9.17) is 15.2 Å². The fraction of sp³-hybridized carbons (Fsp3) is 0.429. The molecule has 3 heteroatoms. The molecule has 0 amide bonds. The van der Waals surface area contributed by atoms with Gasteiger partial charge in [-0.15, -0.1) is 0 Å². The minimum absolute atomic E-state index is 0.521. The van der Waals surface area contributed by atoms with Crippen molar-refractivity contribution >= 4 is 0 Å². The molecule has 0 aliphatic carbocycles. The van der Waals surface area contributed by atoms with Gasteiger partial charge in [0, 0.05) is 32.2 Å². The van der Waals surface area contributed by atoms with E-state index in [9.17, 15) is 0 Å². The molecule has 0 heterocycles. The number of hydrogen-bond donors (Lipinski definition) is 1. The molecule has 0 spiro atoms. The Morgan fingerprint density at radius 1 is 1.29 bits per heavy atom. The maximum Gasteiger partial charge on any atom is 0.120 e. The summed E-state index contributed by atoms with van der Waals surface area (Å²) in [4.78, 5) is 0. The van der Waals surface area contributed by atoms with Gasteiger partial charge >= 0.3 is 0 Å². The Kier molecular flexibility index (Phi) is 6.89. The van der Waals surface area contributed by atoms with Crippen molar-refractivity contribution in [2.24, 2.45) is 5.73 Å². The molecule has 1 rings (SSSR count). The van der Waals surface area contributed by atoms with Gasteiger partial charge in [-0.05, 0) is 24.6 Å². The van der Waals surface area contributed by atoms with Crippen LogP contribution in [0.1, 0.15) is 18.4 Å². The summed E-state index contributed by atoms with van der Waals surface area (Å²) in [5, 5.41) is 0. The molecular weight excluding hydrogens is 214 g/mol.